The number of hydrogen-bond donors (Lipinski definition) is 1. The van der Waals surface area contributed by atoms with Crippen molar-refractivity contribution in [3.8, 4) is 0 Å². The molecule has 0 radical (unpaired) electrons. The fourth-order valence-electron chi connectivity index (χ4n) is 1.72. The highest BCUT2D eigenvalue weighted by Gasteiger charge is 2.14. The van der Waals surface area contributed by atoms with E-state index in [9.17, 15) is 4.39 Å². The molecule has 0 bridgehead atoms. The minimum absolute atomic E-state index is 0.214. The van der Waals surface area contributed by atoms with Crippen LogP contribution in [0.5, 0.6) is 0 Å². The SMILES string of the molecule is Cc1cc(C(N)Cc2c(F)cccc2Cl)cs1. The van der Waals surface area contributed by atoms with Crippen molar-refractivity contribution >= 4 is 22.9 Å². The molecule has 0 aliphatic carbocycles. The molecule has 0 saturated carbocycles. The highest BCUT2D eigenvalue weighted by Crippen LogP contribution is 2.26. The third kappa shape index (κ3) is 2.86. The zero-order chi connectivity index (χ0) is 12.4. The van der Waals surface area contributed by atoms with E-state index in [1.165, 1.54) is 10.9 Å². The van der Waals surface area contributed by atoms with Crippen molar-refractivity contribution in [2.75, 3.05) is 0 Å². The number of hydrogen-bond acceptors (Lipinski definition) is 2. The van der Waals surface area contributed by atoms with Crippen molar-refractivity contribution in [3.05, 3.63) is 56.5 Å². The molecule has 1 heterocycles. The Labute approximate surface area is 109 Å². The molecule has 1 nitrogen and oxygen atoms in total. The first-order valence-electron chi connectivity index (χ1n) is 5.31. The zero-order valence-electron chi connectivity index (χ0n) is 9.41. The fraction of sp³-hybridized carbons (Fsp3) is 0.231. The zero-order valence-corrected chi connectivity index (χ0v) is 11.0. The van der Waals surface area contributed by atoms with E-state index < -0.39 is 0 Å². The van der Waals surface area contributed by atoms with Gasteiger partial charge in [0.1, 0.15) is 5.82 Å². The molecule has 2 N–H and O–H groups in total. The van der Waals surface area contributed by atoms with Gasteiger partial charge in [-0.15, -0.1) is 11.3 Å². The van der Waals surface area contributed by atoms with E-state index in [0.717, 1.165) is 5.56 Å². The monoisotopic (exact) mass is 269 g/mol. The van der Waals surface area contributed by atoms with Crippen LogP contribution in [0, 0.1) is 12.7 Å². The number of nitrogens with two attached hydrogens (primary N) is 1. The van der Waals surface area contributed by atoms with Gasteiger partial charge in [-0.05, 0) is 42.5 Å². The molecular weight excluding hydrogens is 257 g/mol. The summed E-state index contributed by atoms with van der Waals surface area (Å²) in [5.41, 5.74) is 7.58. The van der Waals surface area contributed by atoms with Crippen LogP contribution in [-0.2, 0) is 6.42 Å². The molecule has 0 saturated heterocycles. The summed E-state index contributed by atoms with van der Waals surface area (Å²) >= 11 is 7.62. The maximum atomic E-state index is 13.6. The Morgan fingerprint density at radius 1 is 1.47 bits per heavy atom. The molecule has 1 aromatic carbocycles. The van der Waals surface area contributed by atoms with Gasteiger partial charge >= 0.3 is 0 Å². The Kier molecular flexibility index (Phi) is 3.82. The first-order chi connectivity index (χ1) is 8.08. The molecule has 0 aliphatic heterocycles. The number of halogens is 2. The molecular formula is C13H13ClFNS. The lowest BCUT2D eigenvalue weighted by Crippen LogP contribution is -2.13. The molecule has 1 aromatic heterocycles. The first-order valence-corrected chi connectivity index (χ1v) is 6.57. The van der Waals surface area contributed by atoms with Crippen LogP contribution in [0.2, 0.25) is 5.02 Å². The van der Waals surface area contributed by atoms with E-state index in [2.05, 4.69) is 0 Å². The van der Waals surface area contributed by atoms with Gasteiger partial charge in [0, 0.05) is 21.5 Å². The maximum absolute atomic E-state index is 13.6. The van der Waals surface area contributed by atoms with Gasteiger partial charge < -0.3 is 5.73 Å². The van der Waals surface area contributed by atoms with Crippen LogP contribution in [-0.4, -0.2) is 0 Å². The Morgan fingerprint density at radius 2 is 2.24 bits per heavy atom. The molecule has 2 rings (SSSR count). The maximum Gasteiger partial charge on any atom is 0.127 e. The molecule has 1 unspecified atom stereocenters. The van der Waals surface area contributed by atoms with Crippen LogP contribution < -0.4 is 5.73 Å². The second-order valence-corrected chi connectivity index (χ2v) is 5.52. The average Bonchev–Trinajstić information content (AvgIpc) is 2.70. The van der Waals surface area contributed by atoms with Crippen molar-refractivity contribution in [3.63, 3.8) is 0 Å². The minimum atomic E-state index is -0.292. The predicted molar refractivity (Wildman–Crippen MR) is 71.1 cm³/mol. The van der Waals surface area contributed by atoms with Crippen LogP contribution in [0.1, 0.15) is 22.0 Å². The minimum Gasteiger partial charge on any atom is -0.324 e. The molecule has 0 spiro atoms. The van der Waals surface area contributed by atoms with Gasteiger partial charge in [0.2, 0.25) is 0 Å². The normalized spacial score (nSPS) is 12.7. The Morgan fingerprint density at radius 3 is 2.82 bits per heavy atom. The summed E-state index contributed by atoms with van der Waals surface area (Å²) < 4.78 is 13.6. The van der Waals surface area contributed by atoms with Crippen molar-refractivity contribution in [2.24, 2.45) is 5.73 Å². The summed E-state index contributed by atoms with van der Waals surface area (Å²) in [6.07, 6.45) is 0.418. The van der Waals surface area contributed by atoms with Crippen molar-refractivity contribution in [1.29, 1.82) is 0 Å². The van der Waals surface area contributed by atoms with Gasteiger partial charge in [0.15, 0.2) is 0 Å². The topological polar surface area (TPSA) is 26.0 Å². The Hall–Kier alpha value is -0.900. The van der Waals surface area contributed by atoms with E-state index in [-0.39, 0.29) is 11.9 Å². The van der Waals surface area contributed by atoms with Gasteiger partial charge in [0.05, 0.1) is 0 Å². The predicted octanol–water partition coefficient (Wildman–Crippen LogP) is 4.09. The second kappa shape index (κ2) is 5.17. The van der Waals surface area contributed by atoms with Crippen molar-refractivity contribution in [1.82, 2.24) is 0 Å². The van der Waals surface area contributed by atoms with Crippen LogP contribution in [0.4, 0.5) is 4.39 Å². The largest absolute Gasteiger partial charge is 0.324 e. The van der Waals surface area contributed by atoms with E-state index in [1.807, 2.05) is 18.4 Å². The van der Waals surface area contributed by atoms with E-state index >= 15 is 0 Å². The molecule has 1 atom stereocenters. The van der Waals surface area contributed by atoms with E-state index in [1.54, 1.807) is 23.5 Å². The van der Waals surface area contributed by atoms with Crippen LogP contribution in [0.25, 0.3) is 0 Å². The Balaban J connectivity index is 2.21. The smallest absolute Gasteiger partial charge is 0.127 e. The average molecular weight is 270 g/mol. The lowest BCUT2D eigenvalue weighted by atomic mass is 10.0. The van der Waals surface area contributed by atoms with E-state index in [4.69, 9.17) is 17.3 Å². The third-order valence-electron chi connectivity index (χ3n) is 2.66. The van der Waals surface area contributed by atoms with Crippen molar-refractivity contribution in [2.45, 2.75) is 19.4 Å². The van der Waals surface area contributed by atoms with Crippen LogP contribution >= 0.6 is 22.9 Å². The van der Waals surface area contributed by atoms with Gasteiger partial charge in [-0.25, -0.2) is 4.39 Å². The summed E-state index contributed by atoms with van der Waals surface area (Å²) in [5.74, 6) is -0.292. The van der Waals surface area contributed by atoms with Gasteiger partial charge in [-0.3, -0.25) is 0 Å². The molecule has 17 heavy (non-hydrogen) atoms. The summed E-state index contributed by atoms with van der Waals surface area (Å²) in [6, 6.07) is 6.51. The quantitative estimate of drug-likeness (QED) is 0.892. The lowest BCUT2D eigenvalue weighted by Gasteiger charge is -2.12. The van der Waals surface area contributed by atoms with Gasteiger partial charge in [-0.2, -0.15) is 0 Å². The van der Waals surface area contributed by atoms with Gasteiger partial charge in [-0.1, -0.05) is 17.7 Å². The lowest BCUT2D eigenvalue weighted by molar-refractivity contribution is 0.594. The van der Waals surface area contributed by atoms with Gasteiger partial charge in [0.25, 0.3) is 0 Å². The fourth-order valence-corrected chi connectivity index (χ4v) is 2.73. The molecule has 0 amide bonds. The molecule has 0 fully saturated rings. The number of benzene rings is 1. The Bertz CT molecular complexity index is 504. The second-order valence-electron chi connectivity index (χ2n) is 4.00. The highest BCUT2D eigenvalue weighted by molar-refractivity contribution is 7.10. The molecule has 2 aromatic rings. The van der Waals surface area contributed by atoms with Crippen LogP contribution in [0.3, 0.4) is 0 Å². The summed E-state index contributed by atoms with van der Waals surface area (Å²) in [7, 11) is 0. The molecule has 90 valence electrons. The number of aryl methyl sites for hydroxylation is 1. The molecule has 0 aliphatic rings. The summed E-state index contributed by atoms with van der Waals surface area (Å²) in [5, 5.41) is 2.45. The van der Waals surface area contributed by atoms with Crippen molar-refractivity contribution < 1.29 is 4.39 Å². The van der Waals surface area contributed by atoms with E-state index in [0.29, 0.717) is 17.0 Å². The summed E-state index contributed by atoms with van der Waals surface area (Å²) in [6.45, 7) is 2.02. The third-order valence-corrected chi connectivity index (χ3v) is 3.90. The highest BCUT2D eigenvalue weighted by atomic mass is 35.5. The van der Waals surface area contributed by atoms with Crippen LogP contribution in [0.15, 0.2) is 29.6 Å². The molecule has 4 heteroatoms. The first kappa shape index (κ1) is 12.6. The number of rotatable bonds is 3. The standard InChI is InChI=1S/C13H13ClFNS/c1-8-5-9(7-17-8)13(16)6-10-11(14)3-2-4-12(10)15/h2-5,7,13H,6,16H2,1H3. The summed E-state index contributed by atoms with van der Waals surface area (Å²) in [4.78, 5) is 1.20. The number of thiophene rings is 1.